The van der Waals surface area contributed by atoms with Crippen molar-refractivity contribution in [3.63, 3.8) is 0 Å². The summed E-state index contributed by atoms with van der Waals surface area (Å²) in [6.07, 6.45) is 8.11. The molecule has 4 aliphatic rings. The summed E-state index contributed by atoms with van der Waals surface area (Å²) in [7, 11) is 1.68. The maximum Gasteiger partial charge on any atom is 0.176 e. The first-order chi connectivity index (χ1) is 10.2. The fraction of sp³-hybridized carbons (Fsp3) is 0.875. The normalized spacial score (nSPS) is 37.3. The predicted octanol–water partition coefficient (Wildman–Crippen LogP) is 1.88. The molecule has 1 N–H and O–H groups in total. The van der Waals surface area contributed by atoms with E-state index in [1.165, 1.54) is 38.5 Å². The van der Waals surface area contributed by atoms with Crippen molar-refractivity contribution in [3.05, 3.63) is 11.6 Å². The molecule has 1 aromatic heterocycles. The first-order valence-electron chi connectivity index (χ1n) is 8.26. The van der Waals surface area contributed by atoms with Gasteiger partial charge in [-0.3, -0.25) is 0 Å². The molecule has 5 nitrogen and oxygen atoms in total. The van der Waals surface area contributed by atoms with E-state index in [0.29, 0.717) is 13.2 Å². The van der Waals surface area contributed by atoms with E-state index in [0.717, 1.165) is 29.4 Å². The predicted molar refractivity (Wildman–Crippen MR) is 77.7 cm³/mol. The van der Waals surface area contributed by atoms with Crippen LogP contribution in [0, 0.1) is 17.8 Å². The lowest BCUT2D eigenvalue weighted by Gasteiger charge is -2.56. The molecule has 116 valence electrons. The number of aliphatic hydroxyl groups excluding tert-OH is 1. The van der Waals surface area contributed by atoms with Gasteiger partial charge in [-0.15, -0.1) is 0 Å². The van der Waals surface area contributed by atoms with Gasteiger partial charge in [0, 0.05) is 12.5 Å². The Kier molecular flexibility index (Phi) is 3.30. The van der Waals surface area contributed by atoms with Gasteiger partial charge in [-0.05, 0) is 56.3 Å². The third-order valence-electron chi connectivity index (χ3n) is 5.81. The van der Waals surface area contributed by atoms with Gasteiger partial charge < -0.3 is 9.84 Å². The highest BCUT2D eigenvalue weighted by molar-refractivity contribution is 5.18. The Morgan fingerprint density at radius 1 is 1.19 bits per heavy atom. The Morgan fingerprint density at radius 2 is 1.81 bits per heavy atom. The van der Waals surface area contributed by atoms with Crippen LogP contribution in [0.5, 0.6) is 0 Å². The van der Waals surface area contributed by atoms with Gasteiger partial charge in [-0.25, -0.2) is 9.67 Å². The van der Waals surface area contributed by atoms with Crippen LogP contribution in [0.15, 0.2) is 0 Å². The van der Waals surface area contributed by atoms with Crippen LogP contribution < -0.4 is 0 Å². The molecule has 21 heavy (non-hydrogen) atoms. The second-order valence-electron chi connectivity index (χ2n) is 7.43. The van der Waals surface area contributed by atoms with E-state index in [-0.39, 0.29) is 12.0 Å². The summed E-state index contributed by atoms with van der Waals surface area (Å²) in [5.41, 5.74) is 0.225. The van der Waals surface area contributed by atoms with Crippen LogP contribution in [0.1, 0.15) is 50.2 Å². The molecular weight excluding hydrogens is 266 g/mol. The largest absolute Gasteiger partial charge is 0.394 e. The Morgan fingerprint density at radius 3 is 2.33 bits per heavy atom. The molecule has 0 aliphatic heterocycles. The summed E-state index contributed by atoms with van der Waals surface area (Å²) in [6, 6.07) is 0. The molecule has 4 fully saturated rings. The zero-order chi connectivity index (χ0) is 14.4. The highest BCUT2D eigenvalue weighted by atomic mass is 16.5. The van der Waals surface area contributed by atoms with Crippen molar-refractivity contribution in [3.8, 4) is 0 Å². The van der Waals surface area contributed by atoms with E-state index in [4.69, 9.17) is 9.72 Å². The summed E-state index contributed by atoms with van der Waals surface area (Å²) in [5.74, 6) is 4.56. The molecule has 4 saturated carbocycles. The molecule has 4 bridgehead atoms. The highest BCUT2D eigenvalue weighted by Gasteiger charge is 2.53. The van der Waals surface area contributed by atoms with Crippen LogP contribution in [-0.4, -0.2) is 33.6 Å². The van der Waals surface area contributed by atoms with Gasteiger partial charge in [0.05, 0.1) is 13.2 Å². The maximum absolute atomic E-state index is 9.35. The van der Waals surface area contributed by atoms with E-state index in [1.54, 1.807) is 7.11 Å². The van der Waals surface area contributed by atoms with E-state index in [2.05, 4.69) is 5.10 Å². The third kappa shape index (κ3) is 2.21. The Labute approximate surface area is 125 Å². The third-order valence-corrected chi connectivity index (χ3v) is 5.81. The lowest BCUT2D eigenvalue weighted by Crippen LogP contribution is -2.49. The van der Waals surface area contributed by atoms with Gasteiger partial charge in [0.15, 0.2) is 5.82 Å². The topological polar surface area (TPSA) is 60.2 Å². The van der Waals surface area contributed by atoms with Gasteiger partial charge in [-0.1, -0.05) is 0 Å². The number of hydrogen-bond acceptors (Lipinski definition) is 4. The minimum absolute atomic E-state index is 0.120. The summed E-state index contributed by atoms with van der Waals surface area (Å²) < 4.78 is 7.15. The van der Waals surface area contributed by atoms with Crippen LogP contribution in [0.4, 0.5) is 0 Å². The summed E-state index contributed by atoms with van der Waals surface area (Å²) in [4.78, 5) is 4.82. The minimum atomic E-state index is 0.120. The number of rotatable bonds is 5. The Hall–Kier alpha value is -0.940. The van der Waals surface area contributed by atoms with Crippen LogP contribution in [-0.2, 0) is 23.3 Å². The average molecular weight is 291 g/mol. The zero-order valence-electron chi connectivity index (χ0n) is 12.8. The van der Waals surface area contributed by atoms with Crippen LogP contribution in [0.25, 0.3) is 0 Å². The minimum Gasteiger partial charge on any atom is -0.394 e. The van der Waals surface area contributed by atoms with E-state index in [9.17, 15) is 5.11 Å². The van der Waals surface area contributed by atoms with E-state index >= 15 is 0 Å². The fourth-order valence-electron chi connectivity index (χ4n) is 5.61. The summed E-state index contributed by atoms with van der Waals surface area (Å²) in [6.45, 7) is 1.13. The van der Waals surface area contributed by atoms with Gasteiger partial charge in [0.2, 0.25) is 0 Å². The molecule has 0 radical (unpaired) electrons. The zero-order valence-corrected chi connectivity index (χ0v) is 12.8. The van der Waals surface area contributed by atoms with Crippen LogP contribution in [0.2, 0.25) is 0 Å². The molecule has 0 atom stereocenters. The standard InChI is InChI=1S/C16H25N3O2/c1-21-10-14-17-15(19(18-14)2-3-20)16-7-11-4-12(8-16)6-13(5-11)9-16/h11-13,20H,2-10H2,1H3. The molecule has 0 unspecified atom stereocenters. The number of nitrogens with zero attached hydrogens (tertiary/aromatic N) is 3. The van der Waals surface area contributed by atoms with Crippen molar-refractivity contribution >= 4 is 0 Å². The van der Waals surface area contributed by atoms with Gasteiger partial charge in [0.25, 0.3) is 0 Å². The van der Waals surface area contributed by atoms with E-state index < -0.39 is 0 Å². The molecule has 1 aromatic rings. The average Bonchev–Trinajstić information content (AvgIpc) is 2.82. The highest BCUT2D eigenvalue weighted by Crippen LogP contribution is 2.60. The summed E-state index contributed by atoms with van der Waals surface area (Å²) >= 11 is 0. The van der Waals surface area contributed by atoms with Crippen molar-refractivity contribution < 1.29 is 9.84 Å². The van der Waals surface area contributed by atoms with Crippen molar-refractivity contribution in [2.24, 2.45) is 17.8 Å². The molecular formula is C16H25N3O2. The second kappa shape index (κ2) is 5.06. The molecule has 5 heteroatoms. The van der Waals surface area contributed by atoms with Crippen molar-refractivity contribution in [2.75, 3.05) is 13.7 Å². The van der Waals surface area contributed by atoms with Crippen molar-refractivity contribution in [1.29, 1.82) is 0 Å². The molecule has 0 amide bonds. The second-order valence-corrected chi connectivity index (χ2v) is 7.43. The SMILES string of the molecule is COCc1nc(C23CC4CC(CC(C4)C2)C3)n(CCO)n1. The molecule has 4 aliphatic carbocycles. The molecule has 0 aromatic carbocycles. The fourth-order valence-corrected chi connectivity index (χ4v) is 5.61. The van der Waals surface area contributed by atoms with Gasteiger partial charge in [0.1, 0.15) is 12.4 Å². The van der Waals surface area contributed by atoms with Gasteiger partial charge >= 0.3 is 0 Å². The van der Waals surface area contributed by atoms with Crippen LogP contribution >= 0.6 is 0 Å². The smallest absolute Gasteiger partial charge is 0.176 e. The van der Waals surface area contributed by atoms with Crippen molar-refractivity contribution in [2.45, 2.75) is 57.1 Å². The Balaban J connectivity index is 1.71. The number of aliphatic hydroxyl groups is 1. The van der Waals surface area contributed by atoms with Crippen molar-refractivity contribution in [1.82, 2.24) is 14.8 Å². The number of aromatic nitrogens is 3. The Bertz CT molecular complexity index is 490. The quantitative estimate of drug-likeness (QED) is 0.900. The lowest BCUT2D eigenvalue weighted by molar-refractivity contribution is -0.0118. The van der Waals surface area contributed by atoms with Crippen LogP contribution in [0.3, 0.4) is 0 Å². The van der Waals surface area contributed by atoms with E-state index in [1.807, 2.05) is 4.68 Å². The monoisotopic (exact) mass is 291 g/mol. The van der Waals surface area contributed by atoms with Gasteiger partial charge in [-0.2, -0.15) is 5.10 Å². The number of hydrogen-bond donors (Lipinski definition) is 1. The number of methoxy groups -OCH3 is 1. The maximum atomic E-state index is 9.35. The lowest BCUT2D eigenvalue weighted by atomic mass is 9.49. The molecule has 0 spiro atoms. The summed E-state index contributed by atoms with van der Waals surface area (Å²) in [5, 5.41) is 13.9. The number of ether oxygens (including phenoxy) is 1. The first kappa shape index (κ1) is 13.7. The first-order valence-corrected chi connectivity index (χ1v) is 8.26. The molecule has 5 rings (SSSR count). The molecule has 0 saturated heterocycles. The molecule has 1 heterocycles.